The summed E-state index contributed by atoms with van der Waals surface area (Å²) in [6.45, 7) is 0.644. The van der Waals surface area contributed by atoms with E-state index in [0.717, 1.165) is 5.56 Å². The maximum Gasteiger partial charge on any atom is 0.251 e. The zero-order valence-electron chi connectivity index (χ0n) is 16.6. The fourth-order valence-corrected chi connectivity index (χ4v) is 2.64. The molecule has 0 saturated heterocycles. The van der Waals surface area contributed by atoms with Crippen LogP contribution < -0.4 is 15.4 Å². The molecule has 0 atom stereocenters. The number of hydrogen-bond donors (Lipinski definition) is 2. The summed E-state index contributed by atoms with van der Waals surface area (Å²) in [7, 11) is 0. The third-order valence-electron chi connectivity index (χ3n) is 4.30. The molecule has 0 aliphatic carbocycles. The first-order valence-electron chi connectivity index (χ1n) is 9.68. The van der Waals surface area contributed by atoms with E-state index in [9.17, 15) is 18.4 Å². The van der Waals surface area contributed by atoms with Crippen molar-refractivity contribution in [2.75, 3.05) is 6.54 Å². The Hall–Kier alpha value is -3.81. The number of pyridine rings is 1. The number of nitrogens with one attached hydrogen (secondary N) is 2. The second kappa shape index (κ2) is 10.8. The van der Waals surface area contributed by atoms with Gasteiger partial charge in [-0.05, 0) is 60.5 Å². The highest BCUT2D eigenvalue weighted by atomic mass is 19.1. The lowest BCUT2D eigenvalue weighted by molar-refractivity contribution is -0.121. The fraction of sp³-hybridized carbons (Fsp3) is 0.174. The number of rotatable bonds is 9. The topological polar surface area (TPSA) is 80.3 Å². The lowest BCUT2D eigenvalue weighted by atomic mass is 10.2. The fourth-order valence-electron chi connectivity index (χ4n) is 2.64. The van der Waals surface area contributed by atoms with Crippen molar-refractivity contribution in [3.8, 4) is 11.6 Å². The molecule has 1 aromatic heterocycles. The Morgan fingerprint density at radius 1 is 0.871 bits per heavy atom. The van der Waals surface area contributed by atoms with Gasteiger partial charge < -0.3 is 15.4 Å². The van der Waals surface area contributed by atoms with E-state index in [1.807, 2.05) is 0 Å². The first-order valence-corrected chi connectivity index (χ1v) is 9.68. The van der Waals surface area contributed by atoms with Gasteiger partial charge in [0, 0.05) is 37.3 Å². The number of carbonyl (C=O) groups excluding carboxylic acids is 2. The van der Waals surface area contributed by atoms with Gasteiger partial charge in [0.25, 0.3) is 5.91 Å². The largest absolute Gasteiger partial charge is 0.439 e. The molecule has 0 aliphatic rings. The Kier molecular flexibility index (Phi) is 7.64. The van der Waals surface area contributed by atoms with Crippen LogP contribution in [0.4, 0.5) is 8.78 Å². The van der Waals surface area contributed by atoms with Crippen molar-refractivity contribution in [1.82, 2.24) is 15.6 Å². The molecule has 0 radical (unpaired) electrons. The number of hydrogen-bond acceptors (Lipinski definition) is 4. The second-order valence-electron chi connectivity index (χ2n) is 6.70. The van der Waals surface area contributed by atoms with Crippen molar-refractivity contribution >= 4 is 11.8 Å². The molecule has 31 heavy (non-hydrogen) atoms. The van der Waals surface area contributed by atoms with Crippen molar-refractivity contribution in [3.05, 3.63) is 89.6 Å². The van der Waals surface area contributed by atoms with E-state index in [1.165, 1.54) is 48.5 Å². The molecule has 160 valence electrons. The molecule has 0 unspecified atom stereocenters. The van der Waals surface area contributed by atoms with E-state index >= 15 is 0 Å². The summed E-state index contributed by atoms with van der Waals surface area (Å²) in [5, 5.41) is 5.48. The predicted molar refractivity (Wildman–Crippen MR) is 111 cm³/mol. The van der Waals surface area contributed by atoms with Crippen molar-refractivity contribution < 1.29 is 23.1 Å². The van der Waals surface area contributed by atoms with E-state index in [0.29, 0.717) is 36.7 Å². The minimum Gasteiger partial charge on any atom is -0.439 e. The van der Waals surface area contributed by atoms with Crippen molar-refractivity contribution in [1.29, 1.82) is 0 Å². The van der Waals surface area contributed by atoms with Crippen LogP contribution in [0.15, 0.2) is 66.9 Å². The van der Waals surface area contributed by atoms with E-state index in [1.54, 1.807) is 18.3 Å². The molecular formula is C23H21F2N3O3. The Morgan fingerprint density at radius 2 is 1.55 bits per heavy atom. The molecule has 0 bridgehead atoms. The molecule has 3 aromatic rings. The molecule has 1 heterocycles. The van der Waals surface area contributed by atoms with Crippen LogP contribution >= 0.6 is 0 Å². The number of carbonyl (C=O) groups is 2. The molecule has 0 fully saturated rings. The van der Waals surface area contributed by atoms with Gasteiger partial charge in [0.2, 0.25) is 11.8 Å². The number of benzene rings is 2. The van der Waals surface area contributed by atoms with Gasteiger partial charge in [-0.3, -0.25) is 9.59 Å². The maximum absolute atomic E-state index is 12.9. The molecule has 0 spiro atoms. The smallest absolute Gasteiger partial charge is 0.251 e. The Bertz CT molecular complexity index is 1010. The summed E-state index contributed by atoms with van der Waals surface area (Å²) in [6.07, 6.45) is 2.31. The molecule has 2 amide bonds. The van der Waals surface area contributed by atoms with Crippen LogP contribution in [0.1, 0.15) is 28.8 Å². The first-order chi connectivity index (χ1) is 15.0. The van der Waals surface area contributed by atoms with Gasteiger partial charge in [0.1, 0.15) is 17.4 Å². The van der Waals surface area contributed by atoms with Crippen LogP contribution in [0, 0.1) is 11.6 Å². The van der Waals surface area contributed by atoms with Crippen LogP contribution in [0.2, 0.25) is 0 Å². The van der Waals surface area contributed by atoms with Gasteiger partial charge in [-0.1, -0.05) is 6.07 Å². The Morgan fingerprint density at radius 3 is 2.19 bits per heavy atom. The molecule has 3 rings (SSSR count). The van der Waals surface area contributed by atoms with Gasteiger partial charge >= 0.3 is 0 Å². The standard InChI is InChI=1S/C23H21F2N3O3/c24-18-6-4-17(5-7-18)23(30)26-13-1-2-21(29)27-14-16-3-12-22(28-15-16)31-20-10-8-19(25)9-11-20/h3-12,15H,1-2,13-14H2,(H,26,30)(H,27,29). The van der Waals surface area contributed by atoms with E-state index in [2.05, 4.69) is 15.6 Å². The third-order valence-corrected chi connectivity index (χ3v) is 4.30. The lowest BCUT2D eigenvalue weighted by Gasteiger charge is -2.08. The summed E-state index contributed by atoms with van der Waals surface area (Å²) in [5.41, 5.74) is 1.16. The highest BCUT2D eigenvalue weighted by molar-refractivity contribution is 5.94. The number of ether oxygens (including phenoxy) is 1. The van der Waals surface area contributed by atoms with Gasteiger partial charge in [-0.15, -0.1) is 0 Å². The van der Waals surface area contributed by atoms with Crippen LogP contribution in [0.3, 0.4) is 0 Å². The SMILES string of the molecule is O=C(CCCNC(=O)c1ccc(F)cc1)NCc1ccc(Oc2ccc(F)cc2)nc1. The summed E-state index contributed by atoms with van der Waals surface area (Å²) < 4.78 is 31.3. The summed E-state index contributed by atoms with van der Waals surface area (Å²) in [4.78, 5) is 28.0. The van der Waals surface area contributed by atoms with E-state index in [-0.39, 0.29) is 24.1 Å². The van der Waals surface area contributed by atoms with Crippen LogP contribution in [-0.2, 0) is 11.3 Å². The minimum atomic E-state index is -0.404. The molecule has 0 saturated carbocycles. The van der Waals surface area contributed by atoms with Gasteiger partial charge in [-0.25, -0.2) is 13.8 Å². The normalized spacial score (nSPS) is 10.4. The van der Waals surface area contributed by atoms with E-state index < -0.39 is 5.82 Å². The molecule has 0 aliphatic heterocycles. The quantitative estimate of drug-likeness (QED) is 0.508. The predicted octanol–water partition coefficient (Wildman–Crippen LogP) is 3.98. The molecule has 8 heteroatoms. The van der Waals surface area contributed by atoms with Crippen LogP contribution in [0.5, 0.6) is 11.6 Å². The Labute approximate surface area is 178 Å². The maximum atomic E-state index is 12.9. The summed E-state index contributed by atoms with van der Waals surface area (Å²) >= 11 is 0. The van der Waals surface area contributed by atoms with Crippen molar-refractivity contribution in [2.45, 2.75) is 19.4 Å². The third kappa shape index (κ3) is 7.18. The Balaban J connectivity index is 1.34. The van der Waals surface area contributed by atoms with Crippen LogP contribution in [0.25, 0.3) is 0 Å². The highest BCUT2D eigenvalue weighted by Crippen LogP contribution is 2.19. The number of amides is 2. The van der Waals surface area contributed by atoms with Gasteiger partial charge in [0.05, 0.1) is 0 Å². The average molecular weight is 425 g/mol. The number of halogens is 2. The lowest BCUT2D eigenvalue weighted by Crippen LogP contribution is -2.27. The first kappa shape index (κ1) is 21.9. The molecule has 6 nitrogen and oxygen atoms in total. The zero-order valence-corrected chi connectivity index (χ0v) is 16.6. The van der Waals surface area contributed by atoms with Gasteiger partial charge in [-0.2, -0.15) is 0 Å². The van der Waals surface area contributed by atoms with Crippen molar-refractivity contribution in [3.63, 3.8) is 0 Å². The summed E-state index contributed by atoms with van der Waals surface area (Å²) in [6, 6.07) is 14.3. The highest BCUT2D eigenvalue weighted by Gasteiger charge is 2.07. The average Bonchev–Trinajstić information content (AvgIpc) is 2.78. The number of aromatic nitrogens is 1. The monoisotopic (exact) mass is 425 g/mol. The summed E-state index contributed by atoms with van der Waals surface area (Å²) in [5.74, 6) is -0.378. The number of nitrogens with zero attached hydrogens (tertiary/aromatic N) is 1. The van der Waals surface area contributed by atoms with Gasteiger partial charge in [0.15, 0.2) is 0 Å². The van der Waals surface area contributed by atoms with Crippen LogP contribution in [-0.4, -0.2) is 23.3 Å². The van der Waals surface area contributed by atoms with Crippen molar-refractivity contribution in [2.24, 2.45) is 0 Å². The van der Waals surface area contributed by atoms with E-state index in [4.69, 9.17) is 4.74 Å². The molecular weight excluding hydrogens is 404 g/mol. The second-order valence-corrected chi connectivity index (χ2v) is 6.70. The minimum absolute atomic E-state index is 0.150. The molecule has 2 aromatic carbocycles. The molecule has 2 N–H and O–H groups in total. The zero-order chi connectivity index (χ0) is 22.1.